The maximum Gasteiger partial charge on any atom is 0.376 e. The predicted molar refractivity (Wildman–Crippen MR) is 75.2 cm³/mol. The molecule has 0 aliphatic carbocycles. The number of methoxy groups -OCH3 is 1. The van der Waals surface area contributed by atoms with E-state index in [1.54, 1.807) is 0 Å². The van der Waals surface area contributed by atoms with Gasteiger partial charge >= 0.3 is 5.97 Å². The van der Waals surface area contributed by atoms with E-state index >= 15 is 0 Å². The van der Waals surface area contributed by atoms with Crippen molar-refractivity contribution in [2.75, 3.05) is 19.0 Å². The lowest BCUT2D eigenvalue weighted by molar-refractivity contribution is 0.0586. The number of ether oxygens (including phenoxy) is 1. The van der Waals surface area contributed by atoms with E-state index in [0.717, 1.165) is 12.2 Å². The van der Waals surface area contributed by atoms with Crippen molar-refractivity contribution in [1.82, 2.24) is 9.97 Å². The Hall–Kier alpha value is -1.65. The number of nitrogens with one attached hydrogen (secondary N) is 1. The smallest absolute Gasteiger partial charge is 0.376 e. The SMILES string of the molecule is COC(=O)c1nc(C)cc(NCC(C)C(C)(C)C)n1. The molecular formula is C14H23N3O2. The monoisotopic (exact) mass is 265 g/mol. The molecule has 1 atom stereocenters. The first-order chi connectivity index (χ1) is 8.74. The van der Waals surface area contributed by atoms with Crippen molar-refractivity contribution in [3.8, 4) is 0 Å². The fourth-order valence-corrected chi connectivity index (χ4v) is 1.41. The first kappa shape index (κ1) is 15.4. The summed E-state index contributed by atoms with van der Waals surface area (Å²) in [6.07, 6.45) is 0. The van der Waals surface area contributed by atoms with Crippen molar-refractivity contribution in [3.05, 3.63) is 17.6 Å². The standard InChI is InChI=1S/C14H23N3O2/c1-9(14(3,4)5)8-15-11-7-10(2)16-12(17-11)13(18)19-6/h7,9H,8H2,1-6H3,(H,15,16,17). The number of esters is 1. The van der Waals surface area contributed by atoms with E-state index in [2.05, 4.69) is 47.7 Å². The molecule has 1 N–H and O–H groups in total. The third-order valence-electron chi connectivity index (χ3n) is 3.29. The zero-order valence-electron chi connectivity index (χ0n) is 12.6. The molecular weight excluding hydrogens is 242 g/mol. The molecule has 0 bridgehead atoms. The van der Waals surface area contributed by atoms with Gasteiger partial charge in [-0.2, -0.15) is 0 Å². The van der Waals surface area contributed by atoms with Crippen LogP contribution in [0.5, 0.6) is 0 Å². The number of nitrogens with zero attached hydrogens (tertiary/aromatic N) is 2. The van der Waals surface area contributed by atoms with Gasteiger partial charge in [0.1, 0.15) is 5.82 Å². The topological polar surface area (TPSA) is 64.1 Å². The quantitative estimate of drug-likeness (QED) is 0.848. The zero-order chi connectivity index (χ0) is 14.6. The molecule has 1 unspecified atom stereocenters. The normalized spacial score (nSPS) is 12.9. The lowest BCUT2D eigenvalue weighted by atomic mass is 9.82. The van der Waals surface area contributed by atoms with Gasteiger partial charge < -0.3 is 10.1 Å². The number of aryl methyl sites for hydroxylation is 1. The van der Waals surface area contributed by atoms with E-state index in [9.17, 15) is 4.79 Å². The lowest BCUT2D eigenvalue weighted by Crippen LogP contribution is -2.25. The van der Waals surface area contributed by atoms with Crippen LogP contribution in [-0.4, -0.2) is 29.6 Å². The maximum atomic E-state index is 11.4. The van der Waals surface area contributed by atoms with Gasteiger partial charge in [-0.3, -0.25) is 0 Å². The van der Waals surface area contributed by atoms with Gasteiger partial charge in [-0.25, -0.2) is 14.8 Å². The largest absolute Gasteiger partial charge is 0.463 e. The van der Waals surface area contributed by atoms with Gasteiger partial charge in [0.25, 0.3) is 0 Å². The van der Waals surface area contributed by atoms with E-state index in [1.807, 2.05) is 13.0 Å². The van der Waals surface area contributed by atoms with Crippen LogP contribution in [0.1, 0.15) is 44.0 Å². The Balaban J connectivity index is 2.79. The second-order valence-corrected chi connectivity index (χ2v) is 5.86. The van der Waals surface area contributed by atoms with Gasteiger partial charge in [0.05, 0.1) is 7.11 Å². The van der Waals surface area contributed by atoms with Gasteiger partial charge in [0.15, 0.2) is 0 Å². The number of carbonyl (C=O) groups excluding carboxylic acids is 1. The minimum atomic E-state index is -0.518. The molecule has 5 nitrogen and oxygen atoms in total. The summed E-state index contributed by atoms with van der Waals surface area (Å²) < 4.78 is 4.63. The number of anilines is 1. The highest BCUT2D eigenvalue weighted by Crippen LogP contribution is 2.25. The molecule has 1 aromatic heterocycles. The van der Waals surface area contributed by atoms with Crippen LogP contribution in [0, 0.1) is 18.3 Å². The molecule has 0 saturated heterocycles. The zero-order valence-corrected chi connectivity index (χ0v) is 12.6. The van der Waals surface area contributed by atoms with Crippen LogP contribution in [0.25, 0.3) is 0 Å². The molecule has 19 heavy (non-hydrogen) atoms. The van der Waals surface area contributed by atoms with Crippen molar-refractivity contribution in [2.45, 2.75) is 34.6 Å². The number of aromatic nitrogens is 2. The Labute approximate surface area is 114 Å². The Morgan fingerprint density at radius 3 is 2.58 bits per heavy atom. The van der Waals surface area contributed by atoms with Crippen LogP contribution in [0.15, 0.2) is 6.07 Å². The average Bonchev–Trinajstić information content (AvgIpc) is 2.33. The maximum absolute atomic E-state index is 11.4. The van der Waals surface area contributed by atoms with E-state index in [0.29, 0.717) is 11.7 Å². The van der Waals surface area contributed by atoms with Crippen molar-refractivity contribution in [3.63, 3.8) is 0 Å². The van der Waals surface area contributed by atoms with E-state index in [4.69, 9.17) is 0 Å². The summed E-state index contributed by atoms with van der Waals surface area (Å²) >= 11 is 0. The minimum Gasteiger partial charge on any atom is -0.463 e. The highest BCUT2D eigenvalue weighted by Gasteiger charge is 2.20. The molecule has 106 valence electrons. The van der Waals surface area contributed by atoms with Gasteiger partial charge in [0.2, 0.25) is 5.82 Å². The Bertz CT molecular complexity index is 452. The number of rotatable bonds is 4. The Morgan fingerprint density at radius 2 is 2.05 bits per heavy atom. The summed E-state index contributed by atoms with van der Waals surface area (Å²) in [5, 5.41) is 3.25. The summed E-state index contributed by atoms with van der Waals surface area (Å²) in [4.78, 5) is 19.7. The molecule has 0 aromatic carbocycles. The molecule has 0 saturated carbocycles. The summed E-state index contributed by atoms with van der Waals surface area (Å²) in [5.74, 6) is 0.706. The third-order valence-corrected chi connectivity index (χ3v) is 3.29. The van der Waals surface area contributed by atoms with E-state index in [1.165, 1.54) is 7.11 Å². The first-order valence-electron chi connectivity index (χ1n) is 6.42. The van der Waals surface area contributed by atoms with Crippen LogP contribution < -0.4 is 5.32 Å². The molecule has 5 heteroatoms. The molecule has 0 amide bonds. The summed E-state index contributed by atoms with van der Waals surface area (Å²) in [5.41, 5.74) is 0.960. The molecule has 0 fully saturated rings. The van der Waals surface area contributed by atoms with E-state index < -0.39 is 5.97 Å². The second-order valence-electron chi connectivity index (χ2n) is 5.86. The lowest BCUT2D eigenvalue weighted by Gasteiger charge is -2.27. The Morgan fingerprint density at radius 1 is 1.42 bits per heavy atom. The predicted octanol–water partition coefficient (Wildman–Crippen LogP) is 2.67. The summed E-state index contributed by atoms with van der Waals surface area (Å²) in [6.45, 7) is 11.4. The van der Waals surface area contributed by atoms with Gasteiger partial charge in [-0.05, 0) is 18.3 Å². The summed E-state index contributed by atoms with van der Waals surface area (Å²) in [7, 11) is 1.32. The first-order valence-corrected chi connectivity index (χ1v) is 6.42. The molecule has 0 radical (unpaired) electrons. The highest BCUT2D eigenvalue weighted by atomic mass is 16.5. The number of hydrogen-bond donors (Lipinski definition) is 1. The van der Waals surface area contributed by atoms with Crippen molar-refractivity contribution in [1.29, 1.82) is 0 Å². The molecule has 1 aromatic rings. The highest BCUT2D eigenvalue weighted by molar-refractivity contribution is 5.85. The average molecular weight is 265 g/mol. The van der Waals surface area contributed by atoms with Crippen LogP contribution >= 0.6 is 0 Å². The van der Waals surface area contributed by atoms with Crippen LogP contribution in [0.3, 0.4) is 0 Å². The van der Waals surface area contributed by atoms with Crippen molar-refractivity contribution < 1.29 is 9.53 Å². The van der Waals surface area contributed by atoms with Crippen LogP contribution in [0.4, 0.5) is 5.82 Å². The van der Waals surface area contributed by atoms with Gasteiger partial charge in [0, 0.05) is 18.3 Å². The molecule has 0 aliphatic rings. The number of carbonyl (C=O) groups is 1. The van der Waals surface area contributed by atoms with Crippen LogP contribution in [0.2, 0.25) is 0 Å². The van der Waals surface area contributed by atoms with Crippen molar-refractivity contribution in [2.24, 2.45) is 11.3 Å². The number of hydrogen-bond acceptors (Lipinski definition) is 5. The molecule has 1 rings (SSSR count). The fraction of sp³-hybridized carbons (Fsp3) is 0.643. The van der Waals surface area contributed by atoms with E-state index in [-0.39, 0.29) is 11.2 Å². The minimum absolute atomic E-state index is 0.0911. The van der Waals surface area contributed by atoms with Gasteiger partial charge in [-0.15, -0.1) is 0 Å². The third kappa shape index (κ3) is 4.50. The van der Waals surface area contributed by atoms with Gasteiger partial charge in [-0.1, -0.05) is 27.7 Å². The Kier molecular flexibility index (Phi) is 4.86. The fourth-order valence-electron chi connectivity index (χ4n) is 1.41. The van der Waals surface area contributed by atoms with Crippen LogP contribution in [-0.2, 0) is 4.74 Å². The molecule has 1 heterocycles. The molecule has 0 aliphatic heterocycles. The molecule has 0 spiro atoms. The second kappa shape index (κ2) is 5.99. The summed E-state index contributed by atoms with van der Waals surface area (Å²) in [6, 6.07) is 1.82. The van der Waals surface area contributed by atoms with Crippen molar-refractivity contribution >= 4 is 11.8 Å².